The van der Waals surface area contributed by atoms with Crippen LogP contribution in [-0.4, -0.2) is 49.3 Å². The molecule has 1 atom stereocenters. The molecule has 9 nitrogen and oxygen atoms in total. The van der Waals surface area contributed by atoms with Gasteiger partial charge in [0.2, 0.25) is 0 Å². The first-order valence-corrected chi connectivity index (χ1v) is 22.0. The molecule has 286 valence electrons. The number of aromatic nitrogens is 2. The molecular formula is C42H49BrN2O7SSi. The maximum atomic E-state index is 15.1. The molecule has 3 heterocycles. The number of nitrogens with zero attached hydrogens (tertiary/aromatic N) is 2. The number of para-hydroxylation sites is 1. The van der Waals surface area contributed by atoms with E-state index in [1.54, 1.807) is 18.4 Å². The highest BCUT2D eigenvalue weighted by atomic mass is 79.9. The van der Waals surface area contributed by atoms with Gasteiger partial charge >= 0.3 is 20.0 Å². The van der Waals surface area contributed by atoms with Gasteiger partial charge in [0.05, 0.1) is 28.4 Å². The van der Waals surface area contributed by atoms with Crippen LogP contribution in [0.3, 0.4) is 0 Å². The average molecular weight is 834 g/mol. The topological polar surface area (TPSA) is 98.0 Å². The van der Waals surface area contributed by atoms with E-state index in [1.165, 1.54) is 11.3 Å². The van der Waals surface area contributed by atoms with Gasteiger partial charge in [0, 0.05) is 18.8 Å². The Hall–Kier alpha value is -3.81. The number of carbonyl (C=O) groups is 1. The number of benzene rings is 3. The Morgan fingerprint density at radius 2 is 1.50 bits per heavy atom. The Morgan fingerprint density at radius 3 is 2.07 bits per heavy atom. The summed E-state index contributed by atoms with van der Waals surface area (Å²) in [6.07, 6.45) is 0.699. The fourth-order valence-corrected chi connectivity index (χ4v) is 13.6. The van der Waals surface area contributed by atoms with Crippen LogP contribution in [0.2, 0.25) is 5.04 Å². The summed E-state index contributed by atoms with van der Waals surface area (Å²) in [4.78, 5) is 45.2. The molecule has 5 aromatic rings. The minimum absolute atomic E-state index is 0.0727. The predicted molar refractivity (Wildman–Crippen MR) is 221 cm³/mol. The van der Waals surface area contributed by atoms with Crippen molar-refractivity contribution in [3.63, 3.8) is 0 Å². The van der Waals surface area contributed by atoms with Gasteiger partial charge in [0.1, 0.15) is 22.2 Å². The van der Waals surface area contributed by atoms with E-state index in [0.29, 0.717) is 54.2 Å². The Balaban J connectivity index is 1.53. The molecule has 0 radical (unpaired) electrons. The SMILES string of the molecule is CCOc1ccccc1[C@H](Cn1c(=O)n(C(C)(C)C(=O)O[Si](c2ccccc2)(c2ccccc2)C(C)(C)C)c(=O)c2c(C)c(Br)sc21)OC1CCOCC1. The first kappa shape index (κ1) is 39.9. The van der Waals surface area contributed by atoms with E-state index in [1.807, 2.05) is 98.8 Å². The summed E-state index contributed by atoms with van der Waals surface area (Å²) in [5.41, 5.74) is -1.40. The third-order valence-corrected chi connectivity index (χ3v) is 17.4. The van der Waals surface area contributed by atoms with E-state index in [0.717, 1.165) is 24.3 Å². The zero-order valence-electron chi connectivity index (χ0n) is 32.0. The van der Waals surface area contributed by atoms with Gasteiger partial charge in [0.25, 0.3) is 5.56 Å². The molecule has 0 amide bonds. The standard InChI is InChI=1S/C42H49BrN2O7SSi/c1-8-50-33-22-16-15-21-32(33)34(51-29-23-25-49-26-24-29)27-44-38-35(28(2)36(43)53-38)37(46)45(40(44)48)42(6,7)39(47)52-54(41(3,4)5,30-17-11-9-12-18-30)31-19-13-10-14-20-31/h9-22,29,34H,8,23-27H2,1-7H3/t34-/m0/s1. The van der Waals surface area contributed by atoms with Crippen LogP contribution in [0.5, 0.6) is 5.75 Å². The molecular weight excluding hydrogens is 785 g/mol. The normalized spacial score (nSPS) is 15.0. The summed E-state index contributed by atoms with van der Waals surface area (Å²) >= 11 is 4.96. The number of thiophene rings is 1. The quantitative estimate of drug-likeness (QED) is 0.120. The molecule has 0 bridgehead atoms. The molecule has 0 aliphatic carbocycles. The van der Waals surface area contributed by atoms with Crippen LogP contribution in [0.4, 0.5) is 0 Å². The zero-order chi connectivity index (χ0) is 38.8. The summed E-state index contributed by atoms with van der Waals surface area (Å²) in [5, 5.41) is 1.66. The summed E-state index contributed by atoms with van der Waals surface area (Å²) in [5.74, 6) is -0.00188. The monoisotopic (exact) mass is 832 g/mol. The third kappa shape index (κ3) is 7.43. The fourth-order valence-electron chi connectivity index (χ4n) is 7.44. The van der Waals surface area contributed by atoms with Gasteiger partial charge in [-0.25, -0.2) is 9.36 Å². The highest BCUT2D eigenvalue weighted by molar-refractivity contribution is 9.11. The van der Waals surface area contributed by atoms with Crippen LogP contribution in [0.25, 0.3) is 10.2 Å². The van der Waals surface area contributed by atoms with Crippen molar-refractivity contribution in [3.05, 3.63) is 121 Å². The molecule has 0 unspecified atom stereocenters. The van der Waals surface area contributed by atoms with Crippen molar-refractivity contribution in [1.82, 2.24) is 9.13 Å². The van der Waals surface area contributed by atoms with Crippen LogP contribution < -0.4 is 26.4 Å². The molecule has 0 spiro atoms. The first-order valence-electron chi connectivity index (χ1n) is 18.5. The van der Waals surface area contributed by atoms with Crippen LogP contribution >= 0.6 is 27.3 Å². The van der Waals surface area contributed by atoms with Crippen molar-refractivity contribution in [1.29, 1.82) is 0 Å². The second-order valence-electron chi connectivity index (χ2n) is 15.2. The summed E-state index contributed by atoms with van der Waals surface area (Å²) in [7, 11) is -3.40. The van der Waals surface area contributed by atoms with E-state index in [4.69, 9.17) is 18.6 Å². The fraction of sp³-hybridized carbons (Fsp3) is 0.405. The largest absolute Gasteiger partial charge is 0.508 e. The second-order valence-corrected chi connectivity index (χ2v) is 21.8. The number of hydrogen-bond acceptors (Lipinski definition) is 8. The summed E-state index contributed by atoms with van der Waals surface area (Å²) in [6, 6.07) is 27.3. The van der Waals surface area contributed by atoms with E-state index in [9.17, 15) is 9.59 Å². The number of fused-ring (bicyclic) bond motifs is 1. The number of halogens is 1. The first-order chi connectivity index (χ1) is 25.7. The van der Waals surface area contributed by atoms with Crippen molar-refractivity contribution >= 4 is 62.1 Å². The molecule has 2 aromatic heterocycles. The van der Waals surface area contributed by atoms with Crippen LogP contribution in [0.15, 0.2) is 98.3 Å². The smallest absolute Gasteiger partial charge is 0.333 e. The summed E-state index contributed by atoms with van der Waals surface area (Å²) in [6.45, 7) is 14.9. The lowest BCUT2D eigenvalue weighted by atomic mass is 10.0. The van der Waals surface area contributed by atoms with Gasteiger partial charge < -0.3 is 18.6 Å². The molecule has 6 rings (SSSR count). The van der Waals surface area contributed by atoms with Gasteiger partial charge in [0.15, 0.2) is 0 Å². The minimum atomic E-state index is -3.40. The number of aryl methyl sites for hydroxylation is 1. The average Bonchev–Trinajstić information content (AvgIpc) is 3.46. The molecule has 54 heavy (non-hydrogen) atoms. The van der Waals surface area contributed by atoms with E-state index < -0.39 is 42.2 Å². The third-order valence-electron chi connectivity index (χ3n) is 10.3. The Bertz CT molecular complexity index is 2180. The van der Waals surface area contributed by atoms with E-state index in [2.05, 4.69) is 36.7 Å². The van der Waals surface area contributed by atoms with Crippen LogP contribution in [0.1, 0.15) is 71.6 Å². The van der Waals surface area contributed by atoms with Gasteiger partial charge in [-0.1, -0.05) is 99.6 Å². The maximum absolute atomic E-state index is 15.1. The molecule has 12 heteroatoms. The number of hydrogen-bond donors (Lipinski definition) is 0. The molecule has 0 N–H and O–H groups in total. The van der Waals surface area contributed by atoms with Gasteiger partial charge in [-0.05, 0) is 83.5 Å². The number of ether oxygens (including phenoxy) is 3. The molecule has 0 saturated carbocycles. The molecule has 3 aromatic carbocycles. The van der Waals surface area contributed by atoms with Crippen molar-refractivity contribution in [2.75, 3.05) is 19.8 Å². The van der Waals surface area contributed by atoms with E-state index in [-0.39, 0.29) is 12.6 Å². The number of carbonyl (C=O) groups excluding carboxylic acids is 1. The molecule has 1 saturated heterocycles. The summed E-state index contributed by atoms with van der Waals surface area (Å²) < 4.78 is 28.8. The zero-order valence-corrected chi connectivity index (χ0v) is 35.4. The van der Waals surface area contributed by atoms with Crippen molar-refractivity contribution in [2.45, 2.75) is 90.6 Å². The van der Waals surface area contributed by atoms with Crippen molar-refractivity contribution in [2.24, 2.45) is 0 Å². The lowest BCUT2D eigenvalue weighted by Crippen LogP contribution is -2.69. The highest BCUT2D eigenvalue weighted by Gasteiger charge is 2.55. The Morgan fingerprint density at radius 1 is 0.926 bits per heavy atom. The predicted octanol–water partition coefficient (Wildman–Crippen LogP) is 7.47. The molecule has 1 fully saturated rings. The lowest BCUT2D eigenvalue weighted by Gasteiger charge is -2.43. The molecule has 1 aliphatic rings. The van der Waals surface area contributed by atoms with Crippen LogP contribution in [-0.2, 0) is 30.8 Å². The van der Waals surface area contributed by atoms with Gasteiger partial charge in [-0.3, -0.25) is 14.2 Å². The van der Waals surface area contributed by atoms with Crippen LogP contribution in [0, 0.1) is 6.92 Å². The second kappa shape index (κ2) is 16.1. The van der Waals surface area contributed by atoms with Crippen molar-refractivity contribution in [3.8, 4) is 5.75 Å². The number of rotatable bonds is 12. The lowest BCUT2D eigenvalue weighted by molar-refractivity contribution is -0.144. The molecule has 1 aliphatic heterocycles. The van der Waals surface area contributed by atoms with Gasteiger partial charge in [-0.15, -0.1) is 11.3 Å². The maximum Gasteiger partial charge on any atom is 0.333 e. The van der Waals surface area contributed by atoms with Gasteiger partial charge in [-0.2, -0.15) is 0 Å². The van der Waals surface area contributed by atoms with E-state index >= 15 is 4.79 Å². The minimum Gasteiger partial charge on any atom is -0.508 e. The Labute approximate surface area is 330 Å². The van der Waals surface area contributed by atoms with Crippen molar-refractivity contribution < 1.29 is 23.4 Å². The Kier molecular flexibility index (Phi) is 11.9. The highest BCUT2D eigenvalue weighted by Crippen LogP contribution is 2.39.